The van der Waals surface area contributed by atoms with Crippen LogP contribution >= 0.6 is 24.0 Å². The fourth-order valence-electron chi connectivity index (χ4n) is 2.97. The normalized spacial score (nSPS) is 16.5. The van der Waals surface area contributed by atoms with Crippen molar-refractivity contribution in [2.24, 2.45) is 4.99 Å². The van der Waals surface area contributed by atoms with E-state index in [1.54, 1.807) is 0 Å². The van der Waals surface area contributed by atoms with Crippen molar-refractivity contribution in [3.8, 4) is 0 Å². The number of nitrogens with zero attached hydrogens (tertiary/aromatic N) is 2. The fourth-order valence-corrected chi connectivity index (χ4v) is 2.97. The summed E-state index contributed by atoms with van der Waals surface area (Å²) in [7, 11) is 0. The minimum atomic E-state index is 0. The van der Waals surface area contributed by atoms with Gasteiger partial charge in [0.05, 0.1) is 0 Å². The fraction of sp³-hybridized carbons (Fsp3) is 0.632. The van der Waals surface area contributed by atoms with Crippen LogP contribution < -0.4 is 10.6 Å². The van der Waals surface area contributed by atoms with Gasteiger partial charge in [-0.15, -0.1) is 24.0 Å². The third kappa shape index (κ3) is 7.83. The number of hydrogen-bond donors (Lipinski definition) is 2. The molecule has 2 N–H and O–H groups in total. The number of nitrogens with one attached hydrogen (secondary N) is 2. The predicted molar refractivity (Wildman–Crippen MR) is 115 cm³/mol. The van der Waals surface area contributed by atoms with Crippen molar-refractivity contribution in [1.82, 2.24) is 15.5 Å². The molecule has 1 saturated heterocycles. The zero-order chi connectivity index (χ0) is 16.3. The summed E-state index contributed by atoms with van der Waals surface area (Å²) in [4.78, 5) is 7.30. The minimum absolute atomic E-state index is 0. The second-order valence-electron chi connectivity index (χ2n) is 6.36. The van der Waals surface area contributed by atoms with Crippen LogP contribution in [-0.2, 0) is 0 Å². The molecule has 1 heterocycles. The number of likely N-dealkylation sites (tertiary alicyclic amines) is 1. The summed E-state index contributed by atoms with van der Waals surface area (Å²) >= 11 is 0. The summed E-state index contributed by atoms with van der Waals surface area (Å²) < 4.78 is 0. The number of guanidine groups is 1. The van der Waals surface area contributed by atoms with Crippen LogP contribution in [0.25, 0.3) is 0 Å². The van der Waals surface area contributed by atoms with Crippen molar-refractivity contribution in [2.75, 3.05) is 39.3 Å². The number of rotatable bonds is 8. The third-order valence-corrected chi connectivity index (χ3v) is 4.38. The lowest BCUT2D eigenvalue weighted by Crippen LogP contribution is -2.39. The van der Waals surface area contributed by atoms with Crippen LogP contribution in [0.4, 0.5) is 0 Å². The molecule has 24 heavy (non-hydrogen) atoms. The first-order valence-electron chi connectivity index (χ1n) is 9.09. The van der Waals surface area contributed by atoms with Crippen molar-refractivity contribution < 1.29 is 0 Å². The molecule has 0 spiro atoms. The van der Waals surface area contributed by atoms with Gasteiger partial charge >= 0.3 is 0 Å². The minimum Gasteiger partial charge on any atom is -0.357 e. The standard InChI is InChI=1S/C19H32N4.HI/c1-3-20-19(21-12-9-15-23-13-7-8-14-23)22-16-17(2)18-10-5-4-6-11-18;/h4-6,10-11,17H,3,7-9,12-16H2,1-2H3,(H2,20,21,22);1H. The summed E-state index contributed by atoms with van der Waals surface area (Å²) in [6.07, 6.45) is 3.92. The molecule has 4 nitrogen and oxygen atoms in total. The Labute approximate surface area is 164 Å². The summed E-state index contributed by atoms with van der Waals surface area (Å²) in [5.41, 5.74) is 1.35. The molecule has 1 aromatic rings. The monoisotopic (exact) mass is 444 g/mol. The van der Waals surface area contributed by atoms with Crippen LogP contribution in [0.15, 0.2) is 35.3 Å². The van der Waals surface area contributed by atoms with Gasteiger partial charge in [-0.05, 0) is 51.4 Å². The molecule has 1 atom stereocenters. The quantitative estimate of drug-likeness (QED) is 0.279. The molecule has 0 saturated carbocycles. The van der Waals surface area contributed by atoms with E-state index in [0.717, 1.165) is 25.6 Å². The highest BCUT2D eigenvalue weighted by Crippen LogP contribution is 2.14. The molecule has 0 aromatic heterocycles. The Morgan fingerprint density at radius 3 is 2.54 bits per heavy atom. The van der Waals surface area contributed by atoms with Crippen molar-refractivity contribution >= 4 is 29.9 Å². The first-order valence-corrected chi connectivity index (χ1v) is 9.09. The van der Waals surface area contributed by atoms with Crippen LogP contribution in [0.2, 0.25) is 0 Å². The number of benzene rings is 1. The third-order valence-electron chi connectivity index (χ3n) is 4.38. The molecular weight excluding hydrogens is 411 g/mol. The molecule has 1 aliphatic rings. The molecule has 0 bridgehead atoms. The van der Waals surface area contributed by atoms with Crippen LogP contribution in [0, 0.1) is 0 Å². The van der Waals surface area contributed by atoms with E-state index in [9.17, 15) is 0 Å². The van der Waals surface area contributed by atoms with Gasteiger partial charge in [0, 0.05) is 25.6 Å². The second kappa shape index (κ2) is 12.5. The van der Waals surface area contributed by atoms with Crippen molar-refractivity contribution in [3.05, 3.63) is 35.9 Å². The molecule has 1 fully saturated rings. The van der Waals surface area contributed by atoms with Crippen LogP contribution in [0.5, 0.6) is 0 Å². The average molecular weight is 444 g/mol. The number of aliphatic imine (C=N–C) groups is 1. The Morgan fingerprint density at radius 1 is 1.17 bits per heavy atom. The van der Waals surface area contributed by atoms with E-state index in [1.165, 1.54) is 44.5 Å². The van der Waals surface area contributed by atoms with E-state index in [0.29, 0.717) is 5.92 Å². The number of halogens is 1. The molecule has 1 unspecified atom stereocenters. The Bertz CT molecular complexity index is 458. The van der Waals surface area contributed by atoms with Crippen molar-refractivity contribution in [2.45, 2.75) is 39.0 Å². The molecule has 0 radical (unpaired) electrons. The Kier molecular flexibility index (Phi) is 11.1. The average Bonchev–Trinajstić information content (AvgIpc) is 3.10. The van der Waals surface area contributed by atoms with E-state index in [2.05, 4.69) is 59.7 Å². The van der Waals surface area contributed by atoms with Crippen LogP contribution in [-0.4, -0.2) is 50.1 Å². The highest BCUT2D eigenvalue weighted by atomic mass is 127. The summed E-state index contributed by atoms with van der Waals surface area (Å²) in [6.45, 7) is 10.8. The SMILES string of the molecule is CCNC(=NCC(C)c1ccccc1)NCCCN1CCCC1.I. The predicted octanol–water partition coefficient (Wildman–Crippen LogP) is 3.45. The van der Waals surface area contributed by atoms with Crippen molar-refractivity contribution in [3.63, 3.8) is 0 Å². The smallest absolute Gasteiger partial charge is 0.191 e. The molecule has 0 amide bonds. The van der Waals surface area contributed by atoms with Gasteiger partial charge in [0.1, 0.15) is 0 Å². The highest BCUT2D eigenvalue weighted by molar-refractivity contribution is 14.0. The molecule has 1 aliphatic heterocycles. The van der Waals surface area contributed by atoms with E-state index < -0.39 is 0 Å². The highest BCUT2D eigenvalue weighted by Gasteiger charge is 2.10. The maximum absolute atomic E-state index is 4.74. The van der Waals surface area contributed by atoms with E-state index in [4.69, 9.17) is 4.99 Å². The maximum Gasteiger partial charge on any atom is 0.191 e. The first kappa shape index (κ1) is 21.2. The molecular formula is C19H33IN4. The van der Waals surface area contributed by atoms with Gasteiger partial charge in [-0.1, -0.05) is 37.3 Å². The van der Waals surface area contributed by atoms with Crippen LogP contribution in [0.1, 0.15) is 44.6 Å². The molecule has 2 rings (SSSR count). The molecule has 136 valence electrons. The van der Waals surface area contributed by atoms with Gasteiger partial charge < -0.3 is 15.5 Å². The van der Waals surface area contributed by atoms with Gasteiger partial charge in [0.2, 0.25) is 0 Å². The molecule has 1 aromatic carbocycles. The lowest BCUT2D eigenvalue weighted by atomic mass is 10.0. The zero-order valence-electron chi connectivity index (χ0n) is 15.1. The van der Waals surface area contributed by atoms with Gasteiger partial charge in [0.25, 0.3) is 0 Å². The second-order valence-corrected chi connectivity index (χ2v) is 6.36. The van der Waals surface area contributed by atoms with Gasteiger partial charge in [-0.25, -0.2) is 0 Å². The lowest BCUT2D eigenvalue weighted by Gasteiger charge is -2.16. The molecule has 5 heteroatoms. The summed E-state index contributed by atoms with van der Waals surface area (Å²) in [5, 5.41) is 6.81. The molecule has 0 aliphatic carbocycles. The summed E-state index contributed by atoms with van der Waals surface area (Å²) in [6, 6.07) is 10.6. The lowest BCUT2D eigenvalue weighted by molar-refractivity contribution is 0.334. The largest absolute Gasteiger partial charge is 0.357 e. The van der Waals surface area contributed by atoms with E-state index in [1.807, 2.05) is 0 Å². The number of hydrogen-bond acceptors (Lipinski definition) is 2. The Morgan fingerprint density at radius 2 is 1.88 bits per heavy atom. The topological polar surface area (TPSA) is 39.7 Å². The van der Waals surface area contributed by atoms with E-state index >= 15 is 0 Å². The first-order chi connectivity index (χ1) is 11.3. The van der Waals surface area contributed by atoms with Crippen LogP contribution in [0.3, 0.4) is 0 Å². The Hall–Kier alpha value is -0.820. The summed E-state index contributed by atoms with van der Waals surface area (Å²) in [5.74, 6) is 1.38. The zero-order valence-corrected chi connectivity index (χ0v) is 17.5. The van der Waals surface area contributed by atoms with Gasteiger partial charge in [-0.2, -0.15) is 0 Å². The Balaban J connectivity index is 0.00000288. The van der Waals surface area contributed by atoms with Gasteiger partial charge in [-0.3, -0.25) is 4.99 Å². The van der Waals surface area contributed by atoms with Crippen molar-refractivity contribution in [1.29, 1.82) is 0 Å². The maximum atomic E-state index is 4.74. The van der Waals surface area contributed by atoms with E-state index in [-0.39, 0.29) is 24.0 Å². The van der Waals surface area contributed by atoms with Gasteiger partial charge in [0.15, 0.2) is 5.96 Å².